The number of unbranched alkanes of at least 4 members (excludes halogenated alkanes) is 40. The Morgan fingerprint density at radius 3 is 0.835 bits per heavy atom. The molecule has 0 saturated heterocycles. The Balaban J connectivity index is 4.37. The van der Waals surface area contributed by atoms with E-state index < -0.39 is 91.5 Å². The number of rotatable bonds is 79. The van der Waals surface area contributed by atoms with Gasteiger partial charge in [-0.05, 0) is 103 Å². The molecule has 0 saturated carbocycles. The van der Waals surface area contributed by atoms with Gasteiger partial charge in [0.25, 0.3) is 0 Å². The molecule has 0 aromatic heterocycles. The standard InChI is InChI=1S/C85H152O16P2/c1-4-7-10-13-16-19-22-25-28-30-31-32-33-34-35-36-37-38-39-40-41-42-43-44-45-46-47-49-52-53-56-59-62-65-68-71-83(88)95-74-80(86)75-97-102(91,92)98-76-81(87)77-99-103(93,94)100-79-82(101-85(90)73-70-67-64-61-58-55-50-27-24-21-18-15-12-9-6-3)78-96-84(89)72-69-66-63-60-57-54-51-48-29-26-23-20-17-14-11-8-5-2/h8,11,16-17,19-20,25-26,28-29,31-32,34-35,51,54,80-82,86-87H,4-7,9-10,12-15,18,21-24,27,30,33,36-50,52-53,55-79H2,1-3H3,(H,91,92)(H,93,94)/b11-8-,19-16-,20-17-,28-25-,29-26-,32-31-,35-34-,54-51-. The summed E-state index contributed by atoms with van der Waals surface area (Å²) in [5, 5.41) is 20.6. The Labute approximate surface area is 628 Å². The fraction of sp³-hybridized carbons (Fsp3) is 0.776. The van der Waals surface area contributed by atoms with Crippen LogP contribution in [0.3, 0.4) is 0 Å². The van der Waals surface area contributed by atoms with Crippen molar-refractivity contribution in [1.29, 1.82) is 0 Å². The highest BCUT2D eigenvalue weighted by molar-refractivity contribution is 7.47. The smallest absolute Gasteiger partial charge is 0.463 e. The van der Waals surface area contributed by atoms with Gasteiger partial charge < -0.3 is 34.2 Å². The summed E-state index contributed by atoms with van der Waals surface area (Å²) >= 11 is 0. The molecule has 0 rings (SSSR count). The summed E-state index contributed by atoms with van der Waals surface area (Å²) in [4.78, 5) is 58.6. The van der Waals surface area contributed by atoms with Crippen molar-refractivity contribution in [2.75, 3.05) is 39.6 Å². The van der Waals surface area contributed by atoms with Crippen LogP contribution in [0, 0.1) is 0 Å². The number of hydrogen-bond donors (Lipinski definition) is 4. The minimum Gasteiger partial charge on any atom is -0.463 e. The normalized spacial score (nSPS) is 14.4. The Morgan fingerprint density at radius 2 is 0.515 bits per heavy atom. The van der Waals surface area contributed by atoms with Gasteiger partial charge in [-0.1, -0.05) is 343 Å². The van der Waals surface area contributed by atoms with Crippen molar-refractivity contribution in [3.63, 3.8) is 0 Å². The molecule has 16 nitrogen and oxygen atoms in total. The summed E-state index contributed by atoms with van der Waals surface area (Å²) in [6.45, 7) is 2.56. The minimum atomic E-state index is -4.93. The molecule has 5 atom stereocenters. The summed E-state index contributed by atoms with van der Waals surface area (Å²) in [5.41, 5.74) is 0. The van der Waals surface area contributed by atoms with Crippen molar-refractivity contribution in [3.8, 4) is 0 Å². The number of esters is 3. The van der Waals surface area contributed by atoms with Gasteiger partial charge in [-0.3, -0.25) is 32.5 Å². The molecule has 4 N–H and O–H groups in total. The largest absolute Gasteiger partial charge is 0.472 e. The zero-order chi connectivity index (χ0) is 75.2. The fourth-order valence-electron chi connectivity index (χ4n) is 11.5. The summed E-state index contributed by atoms with van der Waals surface area (Å²) in [6.07, 6.45) is 90.5. The van der Waals surface area contributed by atoms with E-state index in [1.807, 2.05) is 0 Å². The van der Waals surface area contributed by atoms with Gasteiger partial charge >= 0.3 is 33.6 Å². The first-order valence-electron chi connectivity index (χ1n) is 41.5. The van der Waals surface area contributed by atoms with Gasteiger partial charge in [0.1, 0.15) is 25.4 Å². The monoisotopic (exact) mass is 1490 g/mol. The molecular formula is C85H152O16P2. The van der Waals surface area contributed by atoms with Crippen molar-refractivity contribution in [3.05, 3.63) is 97.2 Å². The first-order valence-corrected chi connectivity index (χ1v) is 44.5. The van der Waals surface area contributed by atoms with Crippen molar-refractivity contribution in [1.82, 2.24) is 0 Å². The van der Waals surface area contributed by atoms with Crippen molar-refractivity contribution in [2.24, 2.45) is 0 Å². The Morgan fingerprint density at radius 1 is 0.282 bits per heavy atom. The highest BCUT2D eigenvalue weighted by atomic mass is 31.2. The second kappa shape index (κ2) is 78.1. The van der Waals surface area contributed by atoms with E-state index in [4.69, 9.17) is 32.3 Å². The van der Waals surface area contributed by atoms with Crippen LogP contribution < -0.4 is 0 Å². The molecular weight excluding hydrogens is 1340 g/mol. The lowest BCUT2D eigenvalue weighted by Gasteiger charge is -2.21. The minimum absolute atomic E-state index is 0.103. The van der Waals surface area contributed by atoms with Gasteiger partial charge in [0.15, 0.2) is 6.10 Å². The number of carbonyl (C=O) groups excluding carboxylic acids is 3. The van der Waals surface area contributed by atoms with Crippen LogP contribution in [0.1, 0.15) is 367 Å². The van der Waals surface area contributed by atoms with E-state index in [-0.39, 0.29) is 19.3 Å². The van der Waals surface area contributed by atoms with Gasteiger partial charge in [-0.2, -0.15) is 0 Å². The summed E-state index contributed by atoms with van der Waals surface area (Å²) in [7, 11) is -9.79. The third kappa shape index (κ3) is 79.3. The lowest BCUT2D eigenvalue weighted by Crippen LogP contribution is -2.30. The zero-order valence-electron chi connectivity index (χ0n) is 65.5. The molecule has 0 radical (unpaired) electrons. The van der Waals surface area contributed by atoms with Gasteiger partial charge in [0.05, 0.1) is 26.4 Å². The molecule has 5 unspecified atom stereocenters. The highest BCUT2D eigenvalue weighted by Gasteiger charge is 2.29. The maximum Gasteiger partial charge on any atom is 0.472 e. The van der Waals surface area contributed by atoms with Crippen LogP contribution in [-0.4, -0.2) is 95.9 Å². The molecule has 0 spiro atoms. The van der Waals surface area contributed by atoms with Crippen LogP contribution >= 0.6 is 15.6 Å². The van der Waals surface area contributed by atoms with E-state index in [0.29, 0.717) is 19.3 Å². The topological polar surface area (TPSA) is 231 Å². The van der Waals surface area contributed by atoms with Gasteiger partial charge in [0, 0.05) is 19.3 Å². The van der Waals surface area contributed by atoms with E-state index in [2.05, 4.69) is 118 Å². The average molecular weight is 1490 g/mol. The fourth-order valence-corrected chi connectivity index (χ4v) is 13.1. The Hall–Kier alpha value is -3.53. The molecule has 0 fully saturated rings. The summed E-state index contributed by atoms with van der Waals surface area (Å²) in [6, 6.07) is 0. The number of ether oxygens (including phenoxy) is 3. The van der Waals surface area contributed by atoms with Crippen LogP contribution in [0.25, 0.3) is 0 Å². The van der Waals surface area contributed by atoms with Gasteiger partial charge in [0.2, 0.25) is 0 Å². The number of phosphoric ester groups is 2. The lowest BCUT2D eigenvalue weighted by atomic mass is 10.0. The molecule has 598 valence electrons. The molecule has 0 amide bonds. The van der Waals surface area contributed by atoms with E-state index in [0.717, 1.165) is 116 Å². The predicted molar refractivity (Wildman–Crippen MR) is 427 cm³/mol. The van der Waals surface area contributed by atoms with E-state index in [9.17, 15) is 43.5 Å². The molecule has 0 aliphatic carbocycles. The van der Waals surface area contributed by atoms with Gasteiger partial charge in [-0.25, -0.2) is 9.13 Å². The van der Waals surface area contributed by atoms with Crippen molar-refractivity contribution >= 4 is 33.6 Å². The second-order valence-electron chi connectivity index (χ2n) is 27.9. The first-order chi connectivity index (χ1) is 50.2. The van der Waals surface area contributed by atoms with Crippen LogP contribution in [0.15, 0.2) is 97.2 Å². The summed E-state index contributed by atoms with van der Waals surface area (Å²) in [5.74, 6) is -1.58. The summed E-state index contributed by atoms with van der Waals surface area (Å²) < 4.78 is 61.1. The Bertz CT molecular complexity index is 2260. The third-order valence-electron chi connectivity index (χ3n) is 17.8. The van der Waals surface area contributed by atoms with Crippen molar-refractivity contribution < 1.29 is 75.8 Å². The molecule has 18 heteroatoms. The number of aliphatic hydroxyl groups excluding tert-OH is 2. The maximum atomic E-state index is 13.0. The second-order valence-corrected chi connectivity index (χ2v) is 30.8. The average Bonchev–Trinajstić information content (AvgIpc) is 0.927. The molecule has 0 aliphatic rings. The molecule has 103 heavy (non-hydrogen) atoms. The number of allylic oxidation sites excluding steroid dienone is 16. The molecule has 0 bridgehead atoms. The Kier molecular flexibility index (Phi) is 75.4. The predicted octanol–water partition coefficient (Wildman–Crippen LogP) is 24.5. The van der Waals surface area contributed by atoms with Crippen LogP contribution in [0.5, 0.6) is 0 Å². The SMILES string of the molecule is CC/C=C\C/C=C\C/C=C\C/C=C\CCCCCCC(=O)OCC(COP(=O)(O)OCC(O)COP(=O)(O)OCC(O)COC(=O)CCCCCCCCCCCCCCCCCCCCC/C=C\C/C=C\C/C=C\C/C=C\CCCCC)OC(=O)CCCCCCCCCCCCCCCCC. The van der Waals surface area contributed by atoms with Crippen LogP contribution in [-0.2, 0) is 55.8 Å². The van der Waals surface area contributed by atoms with Crippen molar-refractivity contribution in [2.45, 2.75) is 386 Å². The van der Waals surface area contributed by atoms with Gasteiger partial charge in [-0.15, -0.1) is 0 Å². The number of hydrogen-bond acceptors (Lipinski definition) is 14. The lowest BCUT2D eigenvalue weighted by molar-refractivity contribution is -0.161. The number of carbonyl (C=O) groups is 3. The molecule has 0 aromatic rings. The first kappa shape index (κ1) is 99.5. The van der Waals surface area contributed by atoms with E-state index in [1.54, 1.807) is 0 Å². The van der Waals surface area contributed by atoms with E-state index in [1.165, 1.54) is 193 Å². The third-order valence-corrected chi connectivity index (χ3v) is 19.7. The molecule has 0 aliphatic heterocycles. The van der Waals surface area contributed by atoms with Crippen LogP contribution in [0.2, 0.25) is 0 Å². The molecule has 0 aromatic carbocycles. The number of phosphoric acid groups is 2. The maximum absolute atomic E-state index is 13.0. The molecule has 0 heterocycles. The van der Waals surface area contributed by atoms with E-state index >= 15 is 0 Å². The highest BCUT2D eigenvalue weighted by Crippen LogP contribution is 2.45. The zero-order valence-corrected chi connectivity index (χ0v) is 67.3. The quantitative estimate of drug-likeness (QED) is 0.0146. The number of aliphatic hydroxyl groups is 2. The van der Waals surface area contributed by atoms with Crippen LogP contribution in [0.4, 0.5) is 0 Å².